The van der Waals surface area contributed by atoms with E-state index in [2.05, 4.69) is 24.6 Å². The molecule has 0 radical (unpaired) electrons. The van der Waals surface area contributed by atoms with E-state index in [1.165, 1.54) is 6.42 Å². The zero-order valence-corrected chi connectivity index (χ0v) is 17.1. The second-order valence-electron chi connectivity index (χ2n) is 6.87. The van der Waals surface area contributed by atoms with Crippen LogP contribution in [0.2, 0.25) is 0 Å². The first-order valence-corrected chi connectivity index (χ1v) is 10.9. The van der Waals surface area contributed by atoms with Crippen molar-refractivity contribution in [2.75, 3.05) is 37.0 Å². The summed E-state index contributed by atoms with van der Waals surface area (Å²) in [5, 5.41) is 1.15. The predicted molar refractivity (Wildman–Crippen MR) is 111 cm³/mol. The Kier molecular flexibility index (Phi) is 6.58. The Morgan fingerprint density at radius 3 is 2.46 bits per heavy atom. The van der Waals surface area contributed by atoms with Crippen LogP contribution in [0.25, 0.3) is 6.08 Å². The molecular weight excluding hydrogens is 376 g/mol. The molecule has 1 aliphatic rings. The van der Waals surface area contributed by atoms with Crippen LogP contribution < -0.4 is 14.5 Å². The third kappa shape index (κ3) is 5.74. The van der Waals surface area contributed by atoms with Gasteiger partial charge >= 0.3 is 0 Å². The summed E-state index contributed by atoms with van der Waals surface area (Å²) >= 11 is 0. The van der Waals surface area contributed by atoms with E-state index in [0.29, 0.717) is 17.7 Å². The van der Waals surface area contributed by atoms with Gasteiger partial charge in [0.15, 0.2) is 5.82 Å². The summed E-state index contributed by atoms with van der Waals surface area (Å²) in [4.78, 5) is 17.3. The highest BCUT2D eigenvalue weighted by atomic mass is 32.2. The molecule has 1 saturated heterocycles. The number of benzene rings is 1. The molecule has 1 aromatic carbocycles. The molecule has 150 valence electrons. The lowest BCUT2D eigenvalue weighted by molar-refractivity contribution is 0.564. The van der Waals surface area contributed by atoms with E-state index in [9.17, 15) is 8.42 Å². The van der Waals surface area contributed by atoms with Crippen molar-refractivity contribution in [2.24, 2.45) is 0 Å². The monoisotopic (exact) mass is 402 g/mol. The fourth-order valence-electron chi connectivity index (χ4n) is 2.86. The second kappa shape index (κ2) is 9.11. The van der Waals surface area contributed by atoms with E-state index < -0.39 is 10.0 Å². The summed E-state index contributed by atoms with van der Waals surface area (Å²) in [6.45, 7) is 1.81. The van der Waals surface area contributed by atoms with E-state index in [0.717, 1.165) is 36.9 Å². The minimum atomic E-state index is -3.61. The number of piperidine rings is 1. The van der Waals surface area contributed by atoms with Crippen LogP contribution in [0.1, 0.15) is 30.7 Å². The maximum Gasteiger partial charge on any atom is 0.234 e. The first kappa shape index (κ1) is 20.2. The molecule has 3 rings (SSSR count). The predicted octanol–water partition coefficient (Wildman–Crippen LogP) is 2.02. The lowest BCUT2D eigenvalue weighted by Crippen LogP contribution is -2.32. The van der Waals surface area contributed by atoms with Crippen LogP contribution in [0.15, 0.2) is 35.7 Å². The highest BCUT2D eigenvalue weighted by Gasteiger charge is 2.17. The Morgan fingerprint density at radius 1 is 1.07 bits per heavy atom. The van der Waals surface area contributed by atoms with Crippen LogP contribution in [0, 0.1) is 0 Å². The molecule has 1 N–H and O–H groups in total. The number of nitrogens with zero attached hydrogens (tertiary/aromatic N) is 5. The molecular formula is C19H26N6O2S. The smallest absolute Gasteiger partial charge is 0.234 e. The van der Waals surface area contributed by atoms with Gasteiger partial charge in [-0.1, -0.05) is 30.3 Å². The summed E-state index contributed by atoms with van der Waals surface area (Å²) in [5.74, 6) is 1.52. The SMILES string of the molecule is CN(C)c1nc(CNS(=O)(=O)/C=C/c2ccccc2)nc(N2CCCCC2)n1. The second-order valence-corrected chi connectivity index (χ2v) is 8.52. The molecule has 1 aliphatic heterocycles. The van der Waals surface area contributed by atoms with Crippen molar-refractivity contribution < 1.29 is 8.42 Å². The summed E-state index contributed by atoms with van der Waals surface area (Å²) in [5.41, 5.74) is 0.815. The first-order chi connectivity index (χ1) is 13.4. The topological polar surface area (TPSA) is 91.3 Å². The van der Waals surface area contributed by atoms with Crippen LogP contribution in [0.4, 0.5) is 11.9 Å². The lowest BCUT2D eigenvalue weighted by atomic mass is 10.1. The van der Waals surface area contributed by atoms with Crippen molar-refractivity contribution >= 4 is 28.0 Å². The summed E-state index contributed by atoms with van der Waals surface area (Å²) < 4.78 is 27.1. The molecule has 0 spiro atoms. The molecule has 0 saturated carbocycles. The lowest BCUT2D eigenvalue weighted by Gasteiger charge is -2.27. The fraction of sp³-hybridized carbons (Fsp3) is 0.421. The molecule has 0 unspecified atom stereocenters. The molecule has 0 aliphatic carbocycles. The van der Waals surface area contributed by atoms with Crippen molar-refractivity contribution in [1.82, 2.24) is 19.7 Å². The quantitative estimate of drug-likeness (QED) is 0.757. The molecule has 1 aromatic heterocycles. The number of sulfonamides is 1. The maximum atomic E-state index is 12.3. The van der Waals surface area contributed by atoms with Crippen LogP contribution in [-0.4, -0.2) is 50.6 Å². The molecule has 2 aromatic rings. The van der Waals surface area contributed by atoms with Gasteiger partial charge in [0.2, 0.25) is 21.9 Å². The molecule has 0 atom stereocenters. The van der Waals surface area contributed by atoms with Crippen LogP contribution in [-0.2, 0) is 16.6 Å². The van der Waals surface area contributed by atoms with Gasteiger partial charge in [-0.2, -0.15) is 15.0 Å². The third-order valence-corrected chi connectivity index (χ3v) is 5.41. The minimum absolute atomic E-state index is 0.00562. The zero-order chi connectivity index (χ0) is 20.0. The van der Waals surface area contributed by atoms with Crippen molar-refractivity contribution in [1.29, 1.82) is 0 Å². The Labute approximate surface area is 166 Å². The fourth-order valence-corrected chi connectivity index (χ4v) is 3.62. The minimum Gasteiger partial charge on any atom is -0.347 e. The van der Waals surface area contributed by atoms with E-state index in [1.807, 2.05) is 44.4 Å². The average Bonchev–Trinajstić information content (AvgIpc) is 2.72. The summed E-state index contributed by atoms with van der Waals surface area (Å²) in [7, 11) is 0.0991. The Balaban J connectivity index is 1.73. The maximum absolute atomic E-state index is 12.3. The van der Waals surface area contributed by atoms with Crippen molar-refractivity contribution in [3.63, 3.8) is 0 Å². The highest BCUT2D eigenvalue weighted by Crippen LogP contribution is 2.18. The first-order valence-electron chi connectivity index (χ1n) is 9.33. The molecule has 1 fully saturated rings. The number of anilines is 2. The summed E-state index contributed by atoms with van der Waals surface area (Å²) in [6, 6.07) is 9.27. The Bertz CT molecular complexity index is 909. The largest absolute Gasteiger partial charge is 0.347 e. The van der Waals surface area contributed by atoms with Crippen molar-refractivity contribution in [2.45, 2.75) is 25.8 Å². The molecule has 9 heteroatoms. The average molecular weight is 403 g/mol. The molecule has 0 bridgehead atoms. The standard InChI is InChI=1S/C19H26N6O2S/c1-24(2)18-21-17(22-19(23-18)25-12-7-4-8-13-25)15-20-28(26,27)14-11-16-9-5-3-6-10-16/h3,5-6,9-11,14,20H,4,7-8,12-13,15H2,1-2H3/b14-11+. The van der Waals surface area contributed by atoms with E-state index >= 15 is 0 Å². The Hall–Kier alpha value is -2.52. The number of rotatable bonds is 7. The summed E-state index contributed by atoms with van der Waals surface area (Å²) in [6.07, 6.45) is 4.98. The Morgan fingerprint density at radius 2 is 1.79 bits per heavy atom. The van der Waals surface area contributed by atoms with Gasteiger partial charge in [0, 0.05) is 32.6 Å². The number of hydrogen-bond donors (Lipinski definition) is 1. The van der Waals surface area contributed by atoms with E-state index in [1.54, 1.807) is 11.0 Å². The van der Waals surface area contributed by atoms with Crippen LogP contribution >= 0.6 is 0 Å². The van der Waals surface area contributed by atoms with Crippen molar-refractivity contribution in [3.8, 4) is 0 Å². The van der Waals surface area contributed by atoms with Crippen molar-refractivity contribution in [3.05, 3.63) is 47.1 Å². The van der Waals surface area contributed by atoms with Gasteiger partial charge in [0.05, 0.1) is 6.54 Å². The molecule has 0 amide bonds. The van der Waals surface area contributed by atoms with Gasteiger partial charge in [-0.05, 0) is 30.9 Å². The van der Waals surface area contributed by atoms with Gasteiger partial charge < -0.3 is 9.80 Å². The van der Waals surface area contributed by atoms with E-state index in [-0.39, 0.29) is 6.54 Å². The van der Waals surface area contributed by atoms with E-state index in [4.69, 9.17) is 0 Å². The number of hydrogen-bond acceptors (Lipinski definition) is 7. The van der Waals surface area contributed by atoms with Gasteiger partial charge in [0.25, 0.3) is 0 Å². The third-order valence-electron chi connectivity index (χ3n) is 4.37. The normalized spacial score (nSPS) is 15.1. The highest BCUT2D eigenvalue weighted by molar-refractivity contribution is 7.92. The van der Waals surface area contributed by atoms with Gasteiger partial charge in [0.1, 0.15) is 0 Å². The molecule has 2 heterocycles. The number of aromatic nitrogens is 3. The molecule has 28 heavy (non-hydrogen) atoms. The number of nitrogens with one attached hydrogen (secondary N) is 1. The van der Waals surface area contributed by atoms with Crippen LogP contribution in [0.3, 0.4) is 0 Å². The molecule has 8 nitrogen and oxygen atoms in total. The van der Waals surface area contributed by atoms with Gasteiger partial charge in [-0.3, -0.25) is 0 Å². The van der Waals surface area contributed by atoms with Crippen LogP contribution in [0.5, 0.6) is 0 Å². The zero-order valence-electron chi connectivity index (χ0n) is 16.2. The van der Waals surface area contributed by atoms with Gasteiger partial charge in [-0.15, -0.1) is 0 Å². The van der Waals surface area contributed by atoms with Gasteiger partial charge in [-0.25, -0.2) is 13.1 Å².